The van der Waals surface area contributed by atoms with E-state index in [0.717, 1.165) is 11.3 Å². The highest BCUT2D eigenvalue weighted by Gasteiger charge is 2.11. The van der Waals surface area contributed by atoms with Gasteiger partial charge in [-0.25, -0.2) is 0 Å². The van der Waals surface area contributed by atoms with Gasteiger partial charge in [0.2, 0.25) is 5.91 Å². The fraction of sp³-hybridized carbons (Fsp3) is 0.333. The second kappa shape index (κ2) is 5.89. The largest absolute Gasteiger partial charge is 0.548 e. The zero-order valence-corrected chi connectivity index (χ0v) is 9.82. The van der Waals surface area contributed by atoms with Gasteiger partial charge in [-0.2, -0.15) is 0 Å². The number of nitrogens with one attached hydrogen (secondary N) is 2. The van der Waals surface area contributed by atoms with Crippen molar-refractivity contribution >= 4 is 17.6 Å². The predicted octanol–water partition coefficient (Wildman–Crippen LogP) is -0.475. The van der Waals surface area contributed by atoms with Gasteiger partial charge < -0.3 is 20.5 Å². The standard InChI is InChI=1S/C12H16N2O3/c1-8(15)14-11(12(16)17)7-9-3-5-10(13-2)6-4-9/h3-6,11,13H,7H2,1-2H3,(H,14,15)(H,16,17)/p-1. The third-order valence-electron chi connectivity index (χ3n) is 2.34. The molecule has 0 spiro atoms. The van der Waals surface area contributed by atoms with Crippen LogP contribution in [0.25, 0.3) is 0 Å². The molecule has 0 fully saturated rings. The van der Waals surface area contributed by atoms with Crippen molar-refractivity contribution in [2.75, 3.05) is 12.4 Å². The fourth-order valence-corrected chi connectivity index (χ4v) is 1.48. The molecule has 5 heteroatoms. The predicted molar refractivity (Wildman–Crippen MR) is 62.3 cm³/mol. The Bertz CT molecular complexity index is 401. The van der Waals surface area contributed by atoms with Crippen molar-refractivity contribution in [2.45, 2.75) is 19.4 Å². The maximum absolute atomic E-state index is 10.8. The molecule has 1 unspecified atom stereocenters. The third kappa shape index (κ3) is 4.14. The Kier molecular flexibility index (Phi) is 4.51. The van der Waals surface area contributed by atoms with E-state index in [1.807, 2.05) is 24.3 Å². The summed E-state index contributed by atoms with van der Waals surface area (Å²) in [4.78, 5) is 21.7. The lowest BCUT2D eigenvalue weighted by atomic mass is 10.1. The maximum atomic E-state index is 10.8. The average Bonchev–Trinajstić information content (AvgIpc) is 2.28. The van der Waals surface area contributed by atoms with Crippen LogP contribution in [0.2, 0.25) is 0 Å². The molecule has 1 aromatic carbocycles. The van der Waals surface area contributed by atoms with Crippen LogP contribution in [0, 0.1) is 0 Å². The van der Waals surface area contributed by atoms with E-state index >= 15 is 0 Å². The van der Waals surface area contributed by atoms with Gasteiger partial charge in [-0.3, -0.25) is 4.79 Å². The number of carboxylic acids is 1. The van der Waals surface area contributed by atoms with Crippen molar-refractivity contribution in [3.63, 3.8) is 0 Å². The molecule has 5 nitrogen and oxygen atoms in total. The molecule has 92 valence electrons. The summed E-state index contributed by atoms with van der Waals surface area (Å²) in [5, 5.41) is 16.1. The summed E-state index contributed by atoms with van der Waals surface area (Å²) >= 11 is 0. The number of aliphatic carboxylic acids is 1. The highest BCUT2D eigenvalue weighted by atomic mass is 16.4. The molecule has 1 rings (SSSR count). The Morgan fingerprint density at radius 3 is 2.29 bits per heavy atom. The van der Waals surface area contributed by atoms with Crippen LogP contribution < -0.4 is 15.7 Å². The highest BCUT2D eigenvalue weighted by molar-refractivity contribution is 5.81. The second-order valence-corrected chi connectivity index (χ2v) is 3.72. The van der Waals surface area contributed by atoms with E-state index in [-0.39, 0.29) is 12.3 Å². The van der Waals surface area contributed by atoms with Gasteiger partial charge >= 0.3 is 0 Å². The van der Waals surface area contributed by atoms with E-state index in [4.69, 9.17) is 0 Å². The summed E-state index contributed by atoms with van der Waals surface area (Å²) in [6.45, 7) is 1.28. The molecule has 1 atom stereocenters. The summed E-state index contributed by atoms with van der Waals surface area (Å²) in [6, 6.07) is 6.31. The van der Waals surface area contributed by atoms with Gasteiger partial charge in [0, 0.05) is 19.7 Å². The van der Waals surface area contributed by atoms with Crippen molar-refractivity contribution in [3.8, 4) is 0 Å². The molecule has 0 aromatic heterocycles. The quantitative estimate of drug-likeness (QED) is 0.722. The number of benzene rings is 1. The summed E-state index contributed by atoms with van der Waals surface area (Å²) in [7, 11) is 1.80. The van der Waals surface area contributed by atoms with E-state index in [1.165, 1.54) is 6.92 Å². The third-order valence-corrected chi connectivity index (χ3v) is 2.34. The Labute approximate surface area is 99.8 Å². The second-order valence-electron chi connectivity index (χ2n) is 3.72. The normalized spacial score (nSPS) is 11.6. The SMILES string of the molecule is CNc1ccc(CC(NC(C)=O)C(=O)[O-])cc1. The Morgan fingerprint density at radius 2 is 1.88 bits per heavy atom. The van der Waals surface area contributed by atoms with Crippen LogP contribution in [0.1, 0.15) is 12.5 Å². The number of amides is 1. The van der Waals surface area contributed by atoms with Gasteiger partial charge in [0.15, 0.2) is 0 Å². The first kappa shape index (κ1) is 13.0. The first-order chi connectivity index (χ1) is 8.02. The van der Waals surface area contributed by atoms with Crippen LogP contribution in [-0.4, -0.2) is 25.0 Å². The molecule has 1 amide bonds. The Balaban J connectivity index is 2.71. The number of hydrogen-bond donors (Lipinski definition) is 2. The minimum Gasteiger partial charge on any atom is -0.548 e. The lowest BCUT2D eigenvalue weighted by molar-refractivity contribution is -0.308. The van der Waals surface area contributed by atoms with E-state index in [1.54, 1.807) is 7.05 Å². The first-order valence-corrected chi connectivity index (χ1v) is 5.27. The molecule has 1 aromatic rings. The summed E-state index contributed by atoms with van der Waals surface area (Å²) in [5.74, 6) is -1.66. The van der Waals surface area contributed by atoms with Crippen molar-refractivity contribution in [1.29, 1.82) is 0 Å². The van der Waals surface area contributed by atoms with Crippen molar-refractivity contribution < 1.29 is 14.7 Å². The minimum absolute atomic E-state index is 0.214. The van der Waals surface area contributed by atoms with Crippen LogP contribution in [-0.2, 0) is 16.0 Å². The molecule has 0 saturated heterocycles. The van der Waals surface area contributed by atoms with Gasteiger partial charge in [-0.1, -0.05) is 12.1 Å². The van der Waals surface area contributed by atoms with Crippen LogP contribution >= 0.6 is 0 Å². The van der Waals surface area contributed by atoms with E-state index in [9.17, 15) is 14.7 Å². The monoisotopic (exact) mass is 235 g/mol. The molecule has 0 radical (unpaired) electrons. The number of rotatable bonds is 5. The van der Waals surface area contributed by atoms with Crippen molar-refractivity contribution in [2.24, 2.45) is 0 Å². The highest BCUT2D eigenvalue weighted by Crippen LogP contribution is 2.10. The molecular formula is C12H15N2O3-. The number of anilines is 1. The van der Waals surface area contributed by atoms with E-state index in [0.29, 0.717) is 0 Å². The fourth-order valence-electron chi connectivity index (χ4n) is 1.48. The van der Waals surface area contributed by atoms with Crippen LogP contribution in [0.3, 0.4) is 0 Å². The topological polar surface area (TPSA) is 81.3 Å². The number of carboxylic acid groups (broad SMARTS) is 1. The summed E-state index contributed by atoms with van der Waals surface area (Å²) in [5.41, 5.74) is 1.77. The minimum atomic E-state index is -1.28. The Hall–Kier alpha value is -2.04. The Morgan fingerprint density at radius 1 is 1.29 bits per heavy atom. The number of carbonyl (C=O) groups excluding carboxylic acids is 2. The molecule has 0 aliphatic carbocycles. The molecular weight excluding hydrogens is 220 g/mol. The van der Waals surface area contributed by atoms with Crippen LogP contribution in [0.5, 0.6) is 0 Å². The molecule has 2 N–H and O–H groups in total. The van der Waals surface area contributed by atoms with Crippen LogP contribution in [0.15, 0.2) is 24.3 Å². The number of carbonyl (C=O) groups is 2. The molecule has 0 saturated carbocycles. The first-order valence-electron chi connectivity index (χ1n) is 5.27. The zero-order valence-electron chi connectivity index (χ0n) is 9.82. The zero-order chi connectivity index (χ0) is 12.8. The summed E-state index contributed by atoms with van der Waals surface area (Å²) in [6.07, 6.45) is 0.214. The van der Waals surface area contributed by atoms with E-state index < -0.39 is 12.0 Å². The smallest absolute Gasteiger partial charge is 0.217 e. The van der Waals surface area contributed by atoms with Crippen LogP contribution in [0.4, 0.5) is 5.69 Å². The van der Waals surface area contributed by atoms with Gasteiger partial charge in [0.25, 0.3) is 0 Å². The van der Waals surface area contributed by atoms with Crippen molar-refractivity contribution in [3.05, 3.63) is 29.8 Å². The van der Waals surface area contributed by atoms with E-state index in [2.05, 4.69) is 10.6 Å². The molecule has 0 aliphatic heterocycles. The van der Waals surface area contributed by atoms with Gasteiger partial charge in [-0.15, -0.1) is 0 Å². The maximum Gasteiger partial charge on any atom is 0.217 e. The van der Waals surface area contributed by atoms with Gasteiger partial charge in [0.1, 0.15) is 0 Å². The molecule has 0 bridgehead atoms. The lowest BCUT2D eigenvalue weighted by Crippen LogP contribution is -2.48. The molecule has 0 heterocycles. The molecule has 17 heavy (non-hydrogen) atoms. The average molecular weight is 235 g/mol. The number of hydrogen-bond acceptors (Lipinski definition) is 4. The lowest BCUT2D eigenvalue weighted by Gasteiger charge is -2.18. The molecule has 0 aliphatic rings. The van der Waals surface area contributed by atoms with Crippen molar-refractivity contribution in [1.82, 2.24) is 5.32 Å². The summed E-state index contributed by atoms with van der Waals surface area (Å²) < 4.78 is 0. The van der Waals surface area contributed by atoms with Gasteiger partial charge in [0.05, 0.1) is 12.0 Å². The van der Waals surface area contributed by atoms with Gasteiger partial charge in [-0.05, 0) is 24.1 Å².